The second-order valence-corrected chi connectivity index (χ2v) is 9.75. The van der Waals surface area contributed by atoms with E-state index in [0.717, 1.165) is 10.0 Å². The summed E-state index contributed by atoms with van der Waals surface area (Å²) in [6.45, 7) is 5.07. The van der Waals surface area contributed by atoms with Crippen molar-refractivity contribution in [1.29, 1.82) is 0 Å². The first-order valence-corrected chi connectivity index (χ1v) is 11.1. The monoisotopic (exact) mass is 439 g/mol. The van der Waals surface area contributed by atoms with Crippen LogP contribution in [0, 0.1) is 5.92 Å². The van der Waals surface area contributed by atoms with Gasteiger partial charge in [-0.15, -0.1) is 0 Å². The van der Waals surface area contributed by atoms with Gasteiger partial charge < -0.3 is 5.11 Å². The van der Waals surface area contributed by atoms with Crippen LogP contribution in [-0.4, -0.2) is 43.4 Å². The van der Waals surface area contributed by atoms with Crippen LogP contribution in [0.3, 0.4) is 0 Å². The minimum absolute atomic E-state index is 0.00281. The quantitative estimate of drug-likeness (QED) is 0.646. The lowest BCUT2D eigenvalue weighted by Gasteiger charge is -2.33. The Morgan fingerprint density at radius 1 is 1.04 bits per heavy atom. The summed E-state index contributed by atoms with van der Waals surface area (Å²) in [6.07, 6.45) is 0. The van der Waals surface area contributed by atoms with Crippen LogP contribution in [0.25, 0.3) is 0 Å². The van der Waals surface area contributed by atoms with Gasteiger partial charge in [0.15, 0.2) is 9.84 Å². The molecule has 1 N–H and O–H groups in total. The third-order valence-corrected chi connectivity index (χ3v) is 6.71. The highest BCUT2D eigenvalue weighted by Crippen LogP contribution is 2.19. The molecule has 0 saturated carbocycles. The summed E-state index contributed by atoms with van der Waals surface area (Å²) in [7, 11) is -3.38. The van der Waals surface area contributed by atoms with Gasteiger partial charge in [-0.05, 0) is 35.7 Å². The number of benzene rings is 2. The zero-order valence-corrected chi connectivity index (χ0v) is 17.6. The molecule has 0 heterocycles. The molecule has 0 amide bonds. The van der Waals surface area contributed by atoms with Crippen molar-refractivity contribution >= 4 is 25.8 Å². The lowest BCUT2D eigenvalue weighted by atomic mass is 10.0. The summed E-state index contributed by atoms with van der Waals surface area (Å²) in [5.74, 6) is 0.240. The molecule has 1 unspecified atom stereocenters. The third kappa shape index (κ3) is 5.91. The predicted molar refractivity (Wildman–Crippen MR) is 109 cm³/mol. The van der Waals surface area contributed by atoms with Crippen LogP contribution in [0.2, 0.25) is 0 Å². The summed E-state index contributed by atoms with van der Waals surface area (Å²) in [5, 5.41) is 9.83. The minimum Gasteiger partial charge on any atom is -0.395 e. The van der Waals surface area contributed by atoms with Crippen molar-refractivity contribution in [3.63, 3.8) is 0 Å². The standard InChI is InChI=1S/C20H26BrNO3S/c1-16(2)20(15-23)22(14-17-6-4-3-5-7-17)12-13-26(24,25)19-10-8-18(21)9-11-19/h3-11,16,20,23H,12-15H2,1-2H3. The van der Waals surface area contributed by atoms with E-state index in [0.29, 0.717) is 18.0 Å². The Hall–Kier alpha value is -1.21. The van der Waals surface area contributed by atoms with Crippen molar-refractivity contribution < 1.29 is 13.5 Å². The molecule has 0 radical (unpaired) electrons. The van der Waals surface area contributed by atoms with Gasteiger partial charge in [0.2, 0.25) is 0 Å². The molecule has 1 atom stereocenters. The van der Waals surface area contributed by atoms with Gasteiger partial charge in [0.1, 0.15) is 0 Å². The summed E-state index contributed by atoms with van der Waals surface area (Å²) < 4.78 is 26.2. The smallest absolute Gasteiger partial charge is 0.179 e. The van der Waals surface area contributed by atoms with Crippen LogP contribution < -0.4 is 0 Å². The number of sulfone groups is 1. The van der Waals surface area contributed by atoms with Gasteiger partial charge in [0.05, 0.1) is 17.3 Å². The largest absolute Gasteiger partial charge is 0.395 e. The SMILES string of the molecule is CC(C)C(CO)N(CCS(=O)(=O)c1ccc(Br)cc1)Cc1ccccc1. The minimum atomic E-state index is -3.38. The molecule has 26 heavy (non-hydrogen) atoms. The molecule has 0 aliphatic carbocycles. The van der Waals surface area contributed by atoms with E-state index >= 15 is 0 Å². The van der Waals surface area contributed by atoms with Gasteiger partial charge >= 0.3 is 0 Å². The van der Waals surface area contributed by atoms with Crippen LogP contribution in [0.4, 0.5) is 0 Å². The lowest BCUT2D eigenvalue weighted by molar-refractivity contribution is 0.0900. The summed E-state index contributed by atoms with van der Waals surface area (Å²) in [4.78, 5) is 2.39. The molecule has 0 spiro atoms. The fraction of sp³-hybridized carbons (Fsp3) is 0.400. The Labute approximate surface area is 164 Å². The predicted octanol–water partition coefficient (Wildman–Crippen LogP) is 3.74. The molecule has 2 aromatic rings. The van der Waals surface area contributed by atoms with Gasteiger partial charge in [-0.3, -0.25) is 4.90 Å². The van der Waals surface area contributed by atoms with Crippen molar-refractivity contribution in [2.24, 2.45) is 5.92 Å². The highest BCUT2D eigenvalue weighted by Gasteiger charge is 2.24. The van der Waals surface area contributed by atoms with Gasteiger partial charge in [-0.25, -0.2) is 8.42 Å². The number of rotatable bonds is 9. The third-order valence-electron chi connectivity index (χ3n) is 4.47. The van der Waals surface area contributed by atoms with Gasteiger partial charge in [0, 0.05) is 23.6 Å². The maximum atomic E-state index is 12.7. The zero-order chi connectivity index (χ0) is 19.2. The first-order valence-electron chi connectivity index (χ1n) is 8.70. The Morgan fingerprint density at radius 3 is 2.19 bits per heavy atom. The molecular formula is C20H26BrNO3S. The van der Waals surface area contributed by atoms with Crippen LogP contribution in [0.5, 0.6) is 0 Å². The van der Waals surface area contributed by atoms with E-state index in [9.17, 15) is 13.5 Å². The molecule has 142 valence electrons. The van der Waals surface area contributed by atoms with Crippen LogP contribution in [0.1, 0.15) is 19.4 Å². The number of halogens is 1. The highest BCUT2D eigenvalue weighted by molar-refractivity contribution is 9.10. The summed E-state index contributed by atoms with van der Waals surface area (Å²) in [6, 6.07) is 16.5. The van der Waals surface area contributed by atoms with E-state index in [4.69, 9.17) is 0 Å². The van der Waals surface area contributed by atoms with Crippen LogP contribution in [-0.2, 0) is 16.4 Å². The molecule has 0 aromatic heterocycles. The van der Waals surface area contributed by atoms with Gasteiger partial charge in [-0.2, -0.15) is 0 Å². The van der Waals surface area contributed by atoms with E-state index in [1.165, 1.54) is 0 Å². The fourth-order valence-electron chi connectivity index (χ4n) is 2.93. The average Bonchev–Trinajstić information content (AvgIpc) is 2.61. The van der Waals surface area contributed by atoms with E-state index in [2.05, 4.69) is 20.8 Å². The number of hydrogen-bond donors (Lipinski definition) is 1. The maximum absolute atomic E-state index is 12.7. The normalized spacial score (nSPS) is 13.3. The molecular weight excluding hydrogens is 414 g/mol. The maximum Gasteiger partial charge on any atom is 0.179 e. The Bertz CT molecular complexity index is 776. The van der Waals surface area contributed by atoms with Gasteiger partial charge in [-0.1, -0.05) is 60.1 Å². The zero-order valence-electron chi connectivity index (χ0n) is 15.2. The van der Waals surface area contributed by atoms with Crippen molar-refractivity contribution in [3.05, 3.63) is 64.6 Å². The number of hydrogen-bond acceptors (Lipinski definition) is 4. The molecule has 6 heteroatoms. The first-order chi connectivity index (χ1) is 12.3. The molecule has 2 aromatic carbocycles. The fourth-order valence-corrected chi connectivity index (χ4v) is 4.45. The van der Waals surface area contributed by atoms with Crippen molar-refractivity contribution in [2.45, 2.75) is 31.3 Å². The van der Waals surface area contributed by atoms with Crippen LogP contribution >= 0.6 is 15.9 Å². The average molecular weight is 440 g/mol. The van der Waals surface area contributed by atoms with Crippen molar-refractivity contribution in [2.75, 3.05) is 18.9 Å². The second kappa shape index (κ2) is 9.65. The highest BCUT2D eigenvalue weighted by atomic mass is 79.9. The summed E-state index contributed by atoms with van der Waals surface area (Å²) in [5.41, 5.74) is 1.10. The van der Waals surface area contributed by atoms with E-state index < -0.39 is 9.84 Å². The van der Waals surface area contributed by atoms with Crippen LogP contribution in [0.15, 0.2) is 64.0 Å². The Balaban J connectivity index is 2.16. The number of aliphatic hydroxyl groups excluding tert-OH is 1. The molecule has 0 fully saturated rings. The van der Waals surface area contributed by atoms with Crippen molar-refractivity contribution in [1.82, 2.24) is 4.90 Å². The molecule has 0 aliphatic rings. The number of nitrogens with zero attached hydrogens (tertiary/aromatic N) is 1. The van der Waals surface area contributed by atoms with E-state index in [1.807, 2.05) is 44.2 Å². The summed E-state index contributed by atoms with van der Waals surface area (Å²) >= 11 is 3.32. The topological polar surface area (TPSA) is 57.6 Å². The van der Waals surface area contributed by atoms with Crippen molar-refractivity contribution in [3.8, 4) is 0 Å². The molecule has 4 nitrogen and oxygen atoms in total. The van der Waals surface area contributed by atoms with E-state index in [1.54, 1.807) is 24.3 Å². The second-order valence-electron chi connectivity index (χ2n) is 6.72. The van der Waals surface area contributed by atoms with Gasteiger partial charge in [0.25, 0.3) is 0 Å². The first kappa shape index (κ1) is 21.1. The molecule has 0 bridgehead atoms. The number of aliphatic hydroxyl groups is 1. The Kier molecular flexibility index (Phi) is 7.83. The van der Waals surface area contributed by atoms with E-state index in [-0.39, 0.29) is 24.3 Å². The molecule has 0 aliphatic heterocycles. The Morgan fingerprint density at radius 2 is 1.65 bits per heavy atom. The molecule has 2 rings (SSSR count). The molecule has 0 saturated heterocycles. The lowest BCUT2D eigenvalue weighted by Crippen LogP contribution is -2.43.